The van der Waals surface area contributed by atoms with Crippen molar-refractivity contribution in [3.05, 3.63) is 35.2 Å². The van der Waals surface area contributed by atoms with Crippen LogP contribution >= 0.6 is 0 Å². The summed E-state index contributed by atoms with van der Waals surface area (Å²) in [4.78, 5) is 17.6. The summed E-state index contributed by atoms with van der Waals surface area (Å²) in [5, 5.41) is 19.2. The van der Waals surface area contributed by atoms with Crippen molar-refractivity contribution < 1.29 is 41.0 Å². The number of carbonyl (C=O) groups is 1. The predicted octanol–water partition coefficient (Wildman–Crippen LogP) is 2.92. The molecular weight excluding hydrogens is 460 g/mol. The van der Waals surface area contributed by atoms with Gasteiger partial charge in [0, 0.05) is 38.0 Å². The number of methoxy groups -OCH3 is 1. The van der Waals surface area contributed by atoms with E-state index in [4.69, 9.17) is 4.74 Å². The molecule has 0 aromatic carbocycles. The minimum Gasteiger partial charge on any atom is -0.374 e. The Hall–Kier alpha value is -2.87. The van der Waals surface area contributed by atoms with Gasteiger partial charge in [0.05, 0.1) is 11.1 Å². The summed E-state index contributed by atoms with van der Waals surface area (Å²) in [7, 11) is 0.890. The first-order chi connectivity index (χ1) is 15.4. The summed E-state index contributed by atoms with van der Waals surface area (Å²) in [5.41, 5.74) is -5.06. The molecule has 33 heavy (non-hydrogen) atoms. The molecule has 0 spiro atoms. The van der Waals surface area contributed by atoms with Gasteiger partial charge >= 0.3 is 12.4 Å². The number of amides is 1. The summed E-state index contributed by atoms with van der Waals surface area (Å²) in [6.45, 7) is 0.586. The number of pyridine rings is 1. The standard InChI is InChI=1S/C19H19F6N5O3/c1-33-14-16(31)27-15-12(17(14,32)19(23,24)25)13(28-29-15)9-4-6-30(7-5-9)11-3-2-10(8-26-11)18(20,21)22/h2-3,8-9,14,32H,4-7H2,1H3,(H2,27,28,29,31). The van der Waals surface area contributed by atoms with Gasteiger partial charge in [0.1, 0.15) is 5.82 Å². The van der Waals surface area contributed by atoms with Gasteiger partial charge in [0.15, 0.2) is 11.9 Å². The number of ether oxygens (including phenoxy) is 1. The number of alkyl halides is 6. The first-order valence-electron chi connectivity index (χ1n) is 9.87. The molecule has 2 aromatic rings. The molecule has 2 aliphatic heterocycles. The summed E-state index contributed by atoms with van der Waals surface area (Å²) in [6.07, 6.45) is -10.6. The lowest BCUT2D eigenvalue weighted by molar-refractivity contribution is -0.296. The van der Waals surface area contributed by atoms with Crippen LogP contribution in [-0.4, -0.2) is 58.7 Å². The van der Waals surface area contributed by atoms with Gasteiger partial charge in [-0.25, -0.2) is 4.98 Å². The van der Waals surface area contributed by atoms with Gasteiger partial charge in [-0.15, -0.1) is 0 Å². The maximum Gasteiger partial charge on any atom is 0.424 e. The molecule has 2 aliphatic rings. The number of nitrogens with zero attached hydrogens (tertiary/aromatic N) is 3. The first kappa shape index (κ1) is 23.3. The zero-order valence-corrected chi connectivity index (χ0v) is 17.1. The topological polar surface area (TPSA) is 103 Å². The molecule has 1 fully saturated rings. The smallest absolute Gasteiger partial charge is 0.374 e. The molecular formula is C19H19F6N5O3. The zero-order chi connectivity index (χ0) is 24.2. The monoisotopic (exact) mass is 479 g/mol. The number of aromatic amines is 1. The number of anilines is 2. The zero-order valence-electron chi connectivity index (χ0n) is 17.1. The van der Waals surface area contributed by atoms with E-state index in [1.807, 2.05) is 0 Å². The van der Waals surface area contributed by atoms with Crippen molar-refractivity contribution in [2.45, 2.75) is 42.8 Å². The number of aliphatic hydroxyl groups is 1. The van der Waals surface area contributed by atoms with E-state index in [9.17, 15) is 36.2 Å². The van der Waals surface area contributed by atoms with Crippen LogP contribution in [0.1, 0.15) is 35.6 Å². The fourth-order valence-electron chi connectivity index (χ4n) is 4.34. The van der Waals surface area contributed by atoms with E-state index >= 15 is 0 Å². The Morgan fingerprint density at radius 3 is 2.36 bits per heavy atom. The summed E-state index contributed by atoms with van der Waals surface area (Å²) in [6, 6.07) is 2.15. The Bertz CT molecular complexity index is 1030. The van der Waals surface area contributed by atoms with Gasteiger partial charge < -0.3 is 20.1 Å². The molecule has 3 N–H and O–H groups in total. The van der Waals surface area contributed by atoms with Crippen LogP contribution in [-0.2, 0) is 21.3 Å². The number of halogens is 6. The van der Waals surface area contributed by atoms with Gasteiger partial charge in [-0.2, -0.15) is 31.4 Å². The molecule has 180 valence electrons. The van der Waals surface area contributed by atoms with E-state index < -0.39 is 52.8 Å². The van der Waals surface area contributed by atoms with Crippen LogP contribution in [0.2, 0.25) is 0 Å². The maximum atomic E-state index is 14.0. The van der Waals surface area contributed by atoms with Crippen LogP contribution in [0.3, 0.4) is 0 Å². The second-order valence-corrected chi connectivity index (χ2v) is 7.89. The van der Waals surface area contributed by atoms with Crippen molar-refractivity contribution >= 4 is 17.5 Å². The molecule has 2 atom stereocenters. The Morgan fingerprint density at radius 2 is 1.85 bits per heavy atom. The molecule has 2 aromatic heterocycles. The van der Waals surface area contributed by atoms with E-state index in [-0.39, 0.29) is 5.69 Å². The van der Waals surface area contributed by atoms with Crippen molar-refractivity contribution in [1.82, 2.24) is 15.2 Å². The minimum absolute atomic E-state index is 0.0203. The van der Waals surface area contributed by atoms with Crippen molar-refractivity contribution in [3.63, 3.8) is 0 Å². The van der Waals surface area contributed by atoms with Crippen molar-refractivity contribution in [3.8, 4) is 0 Å². The van der Waals surface area contributed by atoms with E-state index in [2.05, 4.69) is 20.5 Å². The molecule has 0 saturated carbocycles. The summed E-state index contributed by atoms with van der Waals surface area (Å²) >= 11 is 0. The third-order valence-electron chi connectivity index (χ3n) is 6.00. The lowest BCUT2D eigenvalue weighted by Gasteiger charge is -2.40. The van der Waals surface area contributed by atoms with Gasteiger partial charge in [-0.3, -0.25) is 9.89 Å². The van der Waals surface area contributed by atoms with Crippen molar-refractivity contribution in [1.29, 1.82) is 0 Å². The largest absolute Gasteiger partial charge is 0.424 e. The molecule has 14 heteroatoms. The third-order valence-corrected chi connectivity index (χ3v) is 6.00. The number of rotatable bonds is 3. The van der Waals surface area contributed by atoms with Gasteiger partial charge in [-0.05, 0) is 25.0 Å². The average molecular weight is 479 g/mol. The maximum absolute atomic E-state index is 14.0. The van der Waals surface area contributed by atoms with Gasteiger partial charge in [0.25, 0.3) is 5.91 Å². The second-order valence-electron chi connectivity index (χ2n) is 7.89. The normalized spacial score (nSPS) is 24.5. The Labute approximate surface area is 182 Å². The highest BCUT2D eigenvalue weighted by molar-refractivity contribution is 5.98. The Balaban J connectivity index is 1.58. The van der Waals surface area contributed by atoms with Crippen LogP contribution in [0.25, 0.3) is 0 Å². The molecule has 0 radical (unpaired) electrons. The Morgan fingerprint density at radius 1 is 1.18 bits per heavy atom. The van der Waals surface area contributed by atoms with Gasteiger partial charge in [0.2, 0.25) is 5.60 Å². The average Bonchev–Trinajstić information content (AvgIpc) is 3.17. The molecule has 2 unspecified atom stereocenters. The lowest BCUT2D eigenvalue weighted by Crippen LogP contribution is -2.60. The van der Waals surface area contributed by atoms with Crippen LogP contribution in [0, 0.1) is 0 Å². The number of carbonyl (C=O) groups excluding carboxylic acids is 1. The highest BCUT2D eigenvalue weighted by Gasteiger charge is 2.67. The molecule has 4 rings (SSSR count). The summed E-state index contributed by atoms with van der Waals surface area (Å²) < 4.78 is 84.9. The highest BCUT2D eigenvalue weighted by atomic mass is 19.4. The van der Waals surface area contributed by atoms with E-state index in [0.29, 0.717) is 31.7 Å². The van der Waals surface area contributed by atoms with E-state index in [1.165, 1.54) is 6.07 Å². The van der Waals surface area contributed by atoms with Crippen LogP contribution < -0.4 is 10.2 Å². The predicted molar refractivity (Wildman–Crippen MR) is 101 cm³/mol. The number of hydrogen-bond donors (Lipinski definition) is 3. The SMILES string of the molecule is COC1C(=O)Nc2n[nH]c(C3CCN(c4ccc(C(F)(F)F)cn4)CC3)c2C1(O)C(F)(F)F. The number of fused-ring (bicyclic) bond motifs is 1. The molecule has 0 aliphatic carbocycles. The van der Waals surface area contributed by atoms with Crippen molar-refractivity contribution in [2.75, 3.05) is 30.4 Å². The van der Waals surface area contributed by atoms with Crippen molar-refractivity contribution in [2.24, 2.45) is 0 Å². The fourth-order valence-corrected chi connectivity index (χ4v) is 4.34. The second kappa shape index (κ2) is 7.87. The molecule has 4 heterocycles. The number of hydrogen-bond acceptors (Lipinski definition) is 6. The van der Waals surface area contributed by atoms with Crippen LogP contribution in [0.5, 0.6) is 0 Å². The highest BCUT2D eigenvalue weighted by Crippen LogP contribution is 2.50. The van der Waals surface area contributed by atoms with E-state index in [0.717, 1.165) is 19.4 Å². The number of aromatic nitrogens is 3. The number of nitrogens with one attached hydrogen (secondary N) is 2. The van der Waals surface area contributed by atoms with Crippen LogP contribution in [0.4, 0.5) is 38.0 Å². The molecule has 0 bridgehead atoms. The summed E-state index contributed by atoms with van der Waals surface area (Å²) in [5.74, 6) is -1.78. The lowest BCUT2D eigenvalue weighted by atomic mass is 9.79. The fraction of sp³-hybridized carbons (Fsp3) is 0.526. The Kier molecular flexibility index (Phi) is 5.55. The minimum atomic E-state index is -5.23. The molecule has 1 amide bonds. The molecule has 8 nitrogen and oxygen atoms in total. The quantitative estimate of drug-likeness (QED) is 0.585. The number of H-pyrrole nitrogens is 1. The third kappa shape index (κ3) is 3.80. The number of piperidine rings is 1. The van der Waals surface area contributed by atoms with Gasteiger partial charge in [-0.1, -0.05) is 0 Å². The molecule has 1 saturated heterocycles. The first-order valence-corrected chi connectivity index (χ1v) is 9.87. The van der Waals surface area contributed by atoms with Crippen LogP contribution in [0.15, 0.2) is 18.3 Å². The van der Waals surface area contributed by atoms with E-state index in [1.54, 1.807) is 4.90 Å².